The van der Waals surface area contributed by atoms with Crippen LogP contribution in [0.3, 0.4) is 0 Å². The summed E-state index contributed by atoms with van der Waals surface area (Å²) in [6.45, 7) is 4.89. The van der Waals surface area contributed by atoms with Gasteiger partial charge >= 0.3 is 6.09 Å². The van der Waals surface area contributed by atoms with Crippen LogP contribution in [-0.2, 0) is 11.2 Å². The van der Waals surface area contributed by atoms with Gasteiger partial charge in [-0.05, 0) is 32.8 Å². The van der Waals surface area contributed by atoms with E-state index < -0.39 is 35.3 Å². The molecule has 2 aromatic carbocycles. The minimum Gasteiger partial charge on any atom is -0.491 e. The molecule has 0 heterocycles. The predicted octanol–water partition coefficient (Wildman–Crippen LogP) is 4.09. The summed E-state index contributed by atoms with van der Waals surface area (Å²) in [5, 5.41) is 12.6. The van der Waals surface area contributed by atoms with Crippen LogP contribution in [0.4, 0.5) is 13.6 Å². The number of halogens is 2. The van der Waals surface area contributed by atoms with Gasteiger partial charge in [-0.25, -0.2) is 13.6 Å². The minimum atomic E-state index is -0.764. The molecule has 0 aliphatic carbocycles. The molecule has 2 atom stereocenters. The average molecular weight is 407 g/mol. The van der Waals surface area contributed by atoms with Gasteiger partial charge in [-0.15, -0.1) is 0 Å². The van der Waals surface area contributed by atoms with Crippen LogP contribution < -0.4 is 10.1 Å². The highest BCUT2D eigenvalue weighted by Gasteiger charge is 2.27. The van der Waals surface area contributed by atoms with E-state index in [4.69, 9.17) is 9.47 Å². The lowest BCUT2D eigenvalue weighted by atomic mass is 9.93. The Balaban J connectivity index is 2.15. The maximum absolute atomic E-state index is 13.4. The van der Waals surface area contributed by atoms with Gasteiger partial charge in [-0.3, -0.25) is 0 Å². The summed E-state index contributed by atoms with van der Waals surface area (Å²) in [6.07, 6.45) is -0.193. The van der Waals surface area contributed by atoms with Crippen LogP contribution >= 0.6 is 0 Å². The van der Waals surface area contributed by atoms with E-state index in [-0.39, 0.29) is 19.0 Å². The highest BCUT2D eigenvalue weighted by molar-refractivity contribution is 5.68. The fourth-order valence-electron chi connectivity index (χ4n) is 2.80. The quantitative estimate of drug-likeness (QED) is 0.692. The molecule has 0 saturated heterocycles. The van der Waals surface area contributed by atoms with E-state index in [0.29, 0.717) is 6.42 Å². The van der Waals surface area contributed by atoms with Crippen LogP contribution in [0, 0.1) is 17.6 Å². The van der Waals surface area contributed by atoms with Crippen molar-refractivity contribution in [3.63, 3.8) is 0 Å². The van der Waals surface area contributed by atoms with Gasteiger partial charge in [-0.2, -0.15) is 0 Å². The zero-order valence-corrected chi connectivity index (χ0v) is 16.8. The minimum absolute atomic E-state index is 0.00473. The average Bonchev–Trinajstić information content (AvgIpc) is 2.62. The molecule has 0 fully saturated rings. The van der Waals surface area contributed by atoms with Gasteiger partial charge in [0.2, 0.25) is 0 Å². The fourth-order valence-corrected chi connectivity index (χ4v) is 2.80. The lowest BCUT2D eigenvalue weighted by Gasteiger charge is -2.28. The Morgan fingerprint density at radius 2 is 1.72 bits per heavy atom. The van der Waals surface area contributed by atoms with Gasteiger partial charge in [0, 0.05) is 30.7 Å². The van der Waals surface area contributed by atoms with Crippen LogP contribution in [0.5, 0.6) is 5.75 Å². The summed E-state index contributed by atoms with van der Waals surface area (Å²) in [5.41, 5.74) is 0.273. The summed E-state index contributed by atoms with van der Waals surface area (Å²) in [4.78, 5) is 12.3. The molecule has 0 spiro atoms. The Labute approximate surface area is 169 Å². The Kier molecular flexibility index (Phi) is 7.96. The van der Waals surface area contributed by atoms with Crippen LogP contribution in [0.25, 0.3) is 0 Å². The zero-order chi connectivity index (χ0) is 21.4. The van der Waals surface area contributed by atoms with Crippen LogP contribution in [0.2, 0.25) is 0 Å². The van der Waals surface area contributed by atoms with Gasteiger partial charge < -0.3 is 19.9 Å². The molecule has 0 aliphatic rings. The number of amides is 1. The third kappa shape index (κ3) is 8.07. The molecule has 0 bridgehead atoms. The molecule has 2 N–H and O–H groups in total. The first-order chi connectivity index (χ1) is 13.7. The zero-order valence-electron chi connectivity index (χ0n) is 16.8. The van der Waals surface area contributed by atoms with Gasteiger partial charge in [0.25, 0.3) is 0 Å². The molecule has 0 aromatic heterocycles. The monoisotopic (exact) mass is 407 g/mol. The summed E-state index contributed by atoms with van der Waals surface area (Å²) < 4.78 is 37.6. The molecule has 2 rings (SSSR count). The number of hydrogen-bond donors (Lipinski definition) is 2. The van der Waals surface area contributed by atoms with E-state index in [1.165, 1.54) is 0 Å². The van der Waals surface area contributed by atoms with Crippen LogP contribution in [-0.4, -0.2) is 36.1 Å². The molecule has 0 radical (unpaired) electrons. The number of alkyl carbamates (subject to hydrolysis) is 1. The number of hydrogen-bond acceptors (Lipinski definition) is 4. The normalized spacial score (nSPS) is 13.4. The molecule has 5 nitrogen and oxygen atoms in total. The second-order valence-electron chi connectivity index (χ2n) is 7.80. The van der Waals surface area contributed by atoms with Gasteiger partial charge in [0.05, 0.1) is 6.04 Å². The molecule has 0 aliphatic heterocycles. The maximum atomic E-state index is 13.4. The molecule has 7 heteroatoms. The van der Waals surface area contributed by atoms with E-state index >= 15 is 0 Å². The summed E-state index contributed by atoms with van der Waals surface area (Å²) in [5.74, 6) is -1.93. The smallest absolute Gasteiger partial charge is 0.408 e. The lowest BCUT2D eigenvalue weighted by molar-refractivity contribution is 0.0439. The van der Waals surface area contributed by atoms with Crippen molar-refractivity contribution >= 4 is 6.09 Å². The standard InChI is InChI=1S/C22H27F2NO4/c1-22(2,3)29-21(27)25-20(14-28-19-11-17(23)10-18(24)12-19)16(13-26)9-15-7-5-4-6-8-15/h4-8,10-12,16,20,26H,9,13-14H2,1-3H3,(H,25,27)/t16?,20-/m0/s1. The molecule has 29 heavy (non-hydrogen) atoms. The second-order valence-corrected chi connectivity index (χ2v) is 7.80. The lowest BCUT2D eigenvalue weighted by Crippen LogP contribution is -2.48. The highest BCUT2D eigenvalue weighted by Crippen LogP contribution is 2.19. The van der Waals surface area contributed by atoms with Crippen molar-refractivity contribution in [2.45, 2.75) is 38.8 Å². The first-order valence-electron chi connectivity index (χ1n) is 9.39. The summed E-state index contributed by atoms with van der Waals surface area (Å²) in [7, 11) is 0. The Morgan fingerprint density at radius 3 is 2.28 bits per heavy atom. The number of benzene rings is 2. The molecule has 2 aromatic rings. The molecule has 1 unspecified atom stereocenters. The first-order valence-corrected chi connectivity index (χ1v) is 9.39. The second kappa shape index (κ2) is 10.2. The van der Waals surface area contributed by atoms with E-state index in [1.54, 1.807) is 20.8 Å². The summed E-state index contributed by atoms with van der Waals surface area (Å²) >= 11 is 0. The third-order valence-electron chi connectivity index (χ3n) is 4.11. The largest absolute Gasteiger partial charge is 0.491 e. The topological polar surface area (TPSA) is 67.8 Å². The third-order valence-corrected chi connectivity index (χ3v) is 4.11. The molecule has 1 amide bonds. The van der Waals surface area contributed by atoms with Crippen molar-refractivity contribution in [3.8, 4) is 5.75 Å². The number of ether oxygens (including phenoxy) is 2. The maximum Gasteiger partial charge on any atom is 0.408 e. The van der Waals surface area contributed by atoms with Gasteiger partial charge in [-0.1, -0.05) is 30.3 Å². The SMILES string of the molecule is CC(C)(C)OC(=O)N[C@@H](COc1cc(F)cc(F)c1)C(CO)Cc1ccccc1. The Morgan fingerprint density at radius 1 is 1.10 bits per heavy atom. The highest BCUT2D eigenvalue weighted by atomic mass is 19.1. The van der Waals surface area contributed by atoms with Crippen molar-refractivity contribution in [1.29, 1.82) is 0 Å². The van der Waals surface area contributed by atoms with E-state index in [1.807, 2.05) is 30.3 Å². The Bertz CT molecular complexity index is 773. The van der Waals surface area contributed by atoms with Crippen molar-refractivity contribution in [3.05, 3.63) is 65.7 Å². The first kappa shape index (κ1) is 22.6. The van der Waals surface area contributed by atoms with Gasteiger partial charge in [0.1, 0.15) is 29.6 Å². The number of carbonyl (C=O) groups is 1. The van der Waals surface area contributed by atoms with E-state index in [9.17, 15) is 18.7 Å². The number of nitrogens with one attached hydrogen (secondary N) is 1. The van der Waals surface area contributed by atoms with Crippen molar-refractivity contribution < 1.29 is 28.2 Å². The molecular weight excluding hydrogens is 380 g/mol. The molecular formula is C22H27F2NO4. The number of aliphatic hydroxyl groups is 1. The summed E-state index contributed by atoms with van der Waals surface area (Å²) in [6, 6.07) is 11.7. The van der Waals surface area contributed by atoms with Gasteiger partial charge in [0.15, 0.2) is 0 Å². The van der Waals surface area contributed by atoms with Crippen LogP contribution in [0.15, 0.2) is 48.5 Å². The van der Waals surface area contributed by atoms with Crippen molar-refractivity contribution in [2.75, 3.05) is 13.2 Å². The number of carbonyl (C=O) groups excluding carboxylic acids is 1. The molecule has 158 valence electrons. The number of aliphatic hydroxyl groups excluding tert-OH is 1. The number of rotatable bonds is 8. The van der Waals surface area contributed by atoms with Crippen molar-refractivity contribution in [2.24, 2.45) is 5.92 Å². The van der Waals surface area contributed by atoms with E-state index in [2.05, 4.69) is 5.32 Å². The van der Waals surface area contributed by atoms with Crippen molar-refractivity contribution in [1.82, 2.24) is 5.32 Å². The molecule has 0 saturated carbocycles. The Hall–Kier alpha value is -2.67. The predicted molar refractivity (Wildman–Crippen MR) is 106 cm³/mol. The fraction of sp³-hybridized carbons (Fsp3) is 0.409. The van der Waals surface area contributed by atoms with Crippen LogP contribution in [0.1, 0.15) is 26.3 Å². The van der Waals surface area contributed by atoms with E-state index in [0.717, 1.165) is 23.8 Å².